The summed E-state index contributed by atoms with van der Waals surface area (Å²) >= 11 is 8.92. The van der Waals surface area contributed by atoms with Crippen LogP contribution < -0.4 is 4.74 Å². The fourth-order valence-corrected chi connectivity index (χ4v) is 2.46. The molecule has 2 aromatic rings. The molecule has 5 nitrogen and oxygen atoms in total. The quantitative estimate of drug-likeness (QED) is 0.712. The number of hydrogen-bond acceptors (Lipinski definition) is 5. The second-order valence-corrected chi connectivity index (χ2v) is 5.64. The van der Waals surface area contributed by atoms with Crippen LogP contribution in [0.15, 0.2) is 16.7 Å². The minimum atomic E-state index is -3.39. The molecule has 0 aliphatic carbocycles. The van der Waals surface area contributed by atoms with Crippen LogP contribution in [-0.4, -0.2) is 35.4 Å². The molecule has 0 saturated heterocycles. The third-order valence-electron chi connectivity index (χ3n) is 2.91. The largest absolute Gasteiger partial charge is 0.506 e. The van der Waals surface area contributed by atoms with Crippen molar-refractivity contribution in [1.29, 1.82) is 0 Å². The first-order valence-corrected chi connectivity index (χ1v) is 7.70. The first-order chi connectivity index (χ1) is 11.3. The van der Waals surface area contributed by atoms with Crippen molar-refractivity contribution in [2.45, 2.75) is 19.7 Å². The van der Waals surface area contributed by atoms with E-state index in [1.807, 2.05) is 0 Å². The number of rotatable bonds is 5. The second-order valence-electron chi connectivity index (χ2n) is 4.44. The lowest BCUT2D eigenvalue weighted by Gasteiger charge is -2.16. The summed E-state index contributed by atoms with van der Waals surface area (Å²) in [5.74, 6) is -1.79. The first-order valence-electron chi connectivity index (χ1n) is 6.53. The van der Waals surface area contributed by atoms with E-state index >= 15 is 0 Å². The zero-order chi connectivity index (χ0) is 18.0. The molecule has 24 heavy (non-hydrogen) atoms. The minimum absolute atomic E-state index is 0.0178. The number of alkyl halides is 3. The molecule has 1 aromatic carbocycles. The highest BCUT2D eigenvalue weighted by Crippen LogP contribution is 2.42. The highest BCUT2D eigenvalue weighted by Gasteiger charge is 2.26. The monoisotopic (exact) mass is 427 g/mol. The van der Waals surface area contributed by atoms with Gasteiger partial charge in [-0.1, -0.05) is 11.6 Å². The zero-order valence-corrected chi connectivity index (χ0v) is 14.4. The Morgan fingerprint density at radius 2 is 2.12 bits per heavy atom. The molecule has 0 saturated carbocycles. The lowest BCUT2D eigenvalue weighted by Crippen LogP contribution is -2.20. The van der Waals surface area contributed by atoms with Crippen LogP contribution in [0.5, 0.6) is 11.5 Å². The van der Waals surface area contributed by atoms with E-state index in [0.29, 0.717) is 0 Å². The van der Waals surface area contributed by atoms with Gasteiger partial charge in [-0.05, 0) is 28.9 Å². The molecule has 1 heterocycles. The average Bonchev–Trinajstić information content (AvgIpc) is 2.52. The van der Waals surface area contributed by atoms with E-state index in [9.17, 15) is 23.1 Å². The van der Waals surface area contributed by atoms with Crippen molar-refractivity contribution in [1.82, 2.24) is 4.98 Å². The number of hydrogen-bond donors (Lipinski definition) is 1. The Morgan fingerprint density at radius 3 is 2.71 bits per heavy atom. The molecule has 1 unspecified atom stereocenters. The van der Waals surface area contributed by atoms with Gasteiger partial charge in [-0.25, -0.2) is 13.6 Å². The third-order valence-corrected chi connectivity index (χ3v) is 4.22. The van der Waals surface area contributed by atoms with Crippen LogP contribution in [0.2, 0.25) is 5.02 Å². The van der Waals surface area contributed by atoms with E-state index in [2.05, 4.69) is 25.7 Å². The maximum absolute atomic E-state index is 13.3. The highest BCUT2D eigenvalue weighted by atomic mass is 79.9. The van der Waals surface area contributed by atoms with Gasteiger partial charge in [0, 0.05) is 11.6 Å². The van der Waals surface area contributed by atoms with Crippen molar-refractivity contribution in [3.8, 4) is 11.5 Å². The van der Waals surface area contributed by atoms with Gasteiger partial charge in [0.25, 0.3) is 6.36 Å². The van der Waals surface area contributed by atoms with Crippen molar-refractivity contribution in [2.75, 3.05) is 6.61 Å². The Hall–Kier alpha value is -1.74. The lowest BCUT2D eigenvalue weighted by atomic mass is 10.1. The number of carbonyl (C=O) groups excluding carboxylic acids is 1. The minimum Gasteiger partial charge on any atom is -0.506 e. The van der Waals surface area contributed by atoms with Gasteiger partial charge in [-0.15, -0.1) is 0 Å². The smallest absolute Gasteiger partial charge is 0.343 e. The summed E-state index contributed by atoms with van der Waals surface area (Å²) in [7, 11) is 0. The molecule has 1 aromatic heterocycles. The standard InChI is InChI=1S/C14H10BrClF3NO4/c1-2-23-14(22)6-4-20-9-5(10(6)21)3-7(16)8(15)11(9)24-13(19)12(17)18/h3-4,12-13H,2H2,1H3,(H,20,21). The molecule has 130 valence electrons. The van der Waals surface area contributed by atoms with Crippen molar-refractivity contribution in [3.05, 3.63) is 27.3 Å². The Balaban J connectivity index is 2.65. The predicted octanol–water partition coefficient (Wildman–Crippen LogP) is 4.47. The molecule has 1 atom stereocenters. The molecule has 2 rings (SSSR count). The van der Waals surface area contributed by atoms with Gasteiger partial charge in [0.1, 0.15) is 16.8 Å². The SMILES string of the molecule is CCOC(=O)c1cnc2c(OC(F)C(F)F)c(Br)c(Cl)cc2c1O. The number of benzene rings is 1. The molecule has 0 radical (unpaired) electrons. The fraction of sp³-hybridized carbons (Fsp3) is 0.286. The van der Waals surface area contributed by atoms with Crippen LogP contribution >= 0.6 is 27.5 Å². The summed E-state index contributed by atoms with van der Waals surface area (Å²) in [6.45, 7) is 1.65. The van der Waals surface area contributed by atoms with Crippen molar-refractivity contribution < 1.29 is 32.5 Å². The number of pyridine rings is 1. The van der Waals surface area contributed by atoms with Crippen LogP contribution in [-0.2, 0) is 4.74 Å². The molecule has 10 heteroatoms. The fourth-order valence-electron chi connectivity index (χ4n) is 1.87. The molecule has 0 amide bonds. The van der Waals surface area contributed by atoms with Gasteiger partial charge in [0.05, 0.1) is 16.1 Å². The van der Waals surface area contributed by atoms with E-state index in [1.165, 1.54) is 6.07 Å². The van der Waals surface area contributed by atoms with Crippen LogP contribution in [0.3, 0.4) is 0 Å². The Labute approximate surface area is 147 Å². The van der Waals surface area contributed by atoms with Crippen molar-refractivity contribution >= 4 is 44.4 Å². The molecule has 1 N–H and O–H groups in total. The number of esters is 1. The first kappa shape index (κ1) is 18.6. The van der Waals surface area contributed by atoms with Crippen molar-refractivity contribution in [2.24, 2.45) is 0 Å². The number of aromatic hydroxyl groups is 1. The molecule has 0 aliphatic rings. The number of carbonyl (C=O) groups is 1. The highest BCUT2D eigenvalue weighted by molar-refractivity contribution is 9.10. The van der Waals surface area contributed by atoms with E-state index < -0.39 is 30.3 Å². The Morgan fingerprint density at radius 1 is 1.46 bits per heavy atom. The summed E-state index contributed by atoms with van der Waals surface area (Å²) in [6, 6.07) is 1.23. The van der Waals surface area contributed by atoms with E-state index in [1.54, 1.807) is 6.92 Å². The number of nitrogens with zero attached hydrogens (tertiary/aromatic N) is 1. The topological polar surface area (TPSA) is 68.7 Å². The molecule has 0 fully saturated rings. The molecular weight excluding hydrogens is 419 g/mol. The third kappa shape index (κ3) is 3.51. The summed E-state index contributed by atoms with van der Waals surface area (Å²) in [4.78, 5) is 15.6. The molecule has 0 bridgehead atoms. The lowest BCUT2D eigenvalue weighted by molar-refractivity contribution is -0.0665. The maximum Gasteiger partial charge on any atom is 0.343 e. The van der Waals surface area contributed by atoms with Crippen LogP contribution in [0.25, 0.3) is 10.9 Å². The average molecular weight is 429 g/mol. The molecule has 0 aliphatic heterocycles. The van der Waals surface area contributed by atoms with Gasteiger partial charge in [0.2, 0.25) is 0 Å². The van der Waals surface area contributed by atoms with Crippen LogP contribution in [0.4, 0.5) is 13.2 Å². The molecular formula is C14H10BrClF3NO4. The maximum atomic E-state index is 13.3. The predicted molar refractivity (Wildman–Crippen MR) is 83.6 cm³/mol. The summed E-state index contributed by atoms with van der Waals surface area (Å²) in [6.07, 6.45) is -5.34. The number of halogens is 5. The zero-order valence-electron chi connectivity index (χ0n) is 12.0. The van der Waals surface area contributed by atoms with Gasteiger partial charge in [-0.2, -0.15) is 4.39 Å². The summed E-state index contributed by atoms with van der Waals surface area (Å²) < 4.78 is 47.4. The summed E-state index contributed by atoms with van der Waals surface area (Å²) in [5.41, 5.74) is -0.403. The normalized spacial score (nSPS) is 12.5. The van der Waals surface area contributed by atoms with E-state index in [-0.39, 0.29) is 32.6 Å². The van der Waals surface area contributed by atoms with Crippen molar-refractivity contribution in [3.63, 3.8) is 0 Å². The van der Waals surface area contributed by atoms with Gasteiger partial charge in [0.15, 0.2) is 5.75 Å². The van der Waals surface area contributed by atoms with Crippen LogP contribution in [0.1, 0.15) is 17.3 Å². The van der Waals surface area contributed by atoms with Gasteiger partial charge in [-0.3, -0.25) is 4.98 Å². The number of ether oxygens (including phenoxy) is 2. The molecule has 0 spiro atoms. The number of aromatic nitrogens is 1. The summed E-state index contributed by atoms with van der Waals surface area (Å²) in [5, 5.41) is 10.1. The Kier molecular flexibility index (Phi) is 5.76. The Bertz CT molecular complexity index is 790. The van der Waals surface area contributed by atoms with E-state index in [4.69, 9.17) is 16.3 Å². The van der Waals surface area contributed by atoms with E-state index in [0.717, 1.165) is 6.20 Å². The van der Waals surface area contributed by atoms with Gasteiger partial charge >= 0.3 is 12.4 Å². The van der Waals surface area contributed by atoms with Crippen LogP contribution in [0, 0.1) is 0 Å². The van der Waals surface area contributed by atoms with Gasteiger partial charge < -0.3 is 14.6 Å². The number of fused-ring (bicyclic) bond motifs is 1. The second kappa shape index (κ2) is 7.43.